The Labute approximate surface area is 262 Å². The SMILES string of the molecule is CC(C)(C)c1ccc(N(c2ccc(-c3ccccc3)cc2)c2cc(-c3ccccc3)c3c(c2)-c2ccccc2C3(C)C)cc1. The highest BCUT2D eigenvalue weighted by molar-refractivity contribution is 5.93. The van der Waals surface area contributed by atoms with Crippen molar-refractivity contribution in [2.24, 2.45) is 0 Å². The molecule has 1 aliphatic carbocycles. The monoisotopic (exact) mass is 569 g/mol. The Kier molecular flexibility index (Phi) is 6.78. The number of benzene rings is 6. The van der Waals surface area contributed by atoms with Gasteiger partial charge in [0.15, 0.2) is 0 Å². The van der Waals surface area contributed by atoms with Gasteiger partial charge in [0.25, 0.3) is 0 Å². The highest BCUT2D eigenvalue weighted by Crippen LogP contribution is 2.54. The van der Waals surface area contributed by atoms with Crippen molar-refractivity contribution in [3.05, 3.63) is 162 Å². The zero-order valence-corrected chi connectivity index (χ0v) is 26.3. The molecular weight excluding hydrogens is 530 g/mol. The lowest BCUT2D eigenvalue weighted by Crippen LogP contribution is -2.17. The van der Waals surface area contributed by atoms with Gasteiger partial charge in [-0.1, -0.05) is 144 Å². The average Bonchev–Trinajstić information content (AvgIpc) is 3.28. The van der Waals surface area contributed by atoms with Crippen molar-refractivity contribution < 1.29 is 0 Å². The van der Waals surface area contributed by atoms with Crippen molar-refractivity contribution in [3.8, 4) is 33.4 Å². The predicted molar refractivity (Wildman–Crippen MR) is 188 cm³/mol. The van der Waals surface area contributed by atoms with Gasteiger partial charge in [0, 0.05) is 22.5 Å². The fraction of sp³-hybridized carbons (Fsp3) is 0.163. The molecule has 6 aromatic carbocycles. The summed E-state index contributed by atoms with van der Waals surface area (Å²) in [5.41, 5.74) is 15.2. The van der Waals surface area contributed by atoms with Gasteiger partial charge in [-0.25, -0.2) is 0 Å². The van der Waals surface area contributed by atoms with Crippen LogP contribution in [0.1, 0.15) is 51.3 Å². The predicted octanol–water partition coefficient (Wildman–Crippen LogP) is 12.1. The summed E-state index contributed by atoms with van der Waals surface area (Å²) in [7, 11) is 0. The van der Waals surface area contributed by atoms with E-state index >= 15 is 0 Å². The van der Waals surface area contributed by atoms with Gasteiger partial charge in [-0.15, -0.1) is 0 Å². The Hall–Kier alpha value is -4.88. The summed E-state index contributed by atoms with van der Waals surface area (Å²) in [6.45, 7) is 11.6. The van der Waals surface area contributed by atoms with Gasteiger partial charge in [-0.05, 0) is 91.9 Å². The van der Waals surface area contributed by atoms with E-state index in [1.54, 1.807) is 0 Å². The van der Waals surface area contributed by atoms with Crippen LogP contribution in [0.4, 0.5) is 17.1 Å². The second kappa shape index (κ2) is 10.7. The van der Waals surface area contributed by atoms with Crippen LogP contribution in [0.5, 0.6) is 0 Å². The van der Waals surface area contributed by atoms with Crippen molar-refractivity contribution in [1.82, 2.24) is 0 Å². The first-order valence-corrected chi connectivity index (χ1v) is 15.6. The minimum Gasteiger partial charge on any atom is -0.310 e. The second-order valence-corrected chi connectivity index (χ2v) is 13.5. The Bertz CT molecular complexity index is 1920. The standard InChI is InChI=1S/C43H39N/c1-42(2,3)33-22-26-35(27-23-33)44(34-24-20-31(21-25-34)30-14-8-6-9-15-30)36-28-38(32-16-10-7-11-17-32)41-39(29-36)37-18-12-13-19-40(37)43(41,4)5/h6-29H,1-5H3. The molecule has 0 atom stereocenters. The molecule has 7 rings (SSSR count). The van der Waals surface area contributed by atoms with Crippen LogP contribution in [0, 0.1) is 0 Å². The lowest BCUT2D eigenvalue weighted by molar-refractivity contribution is 0.590. The summed E-state index contributed by atoms with van der Waals surface area (Å²) in [4.78, 5) is 2.42. The molecule has 0 amide bonds. The molecule has 0 N–H and O–H groups in total. The van der Waals surface area contributed by atoms with Crippen molar-refractivity contribution >= 4 is 17.1 Å². The zero-order chi connectivity index (χ0) is 30.5. The summed E-state index contributed by atoms with van der Waals surface area (Å²) < 4.78 is 0. The lowest BCUT2D eigenvalue weighted by atomic mass is 9.78. The summed E-state index contributed by atoms with van der Waals surface area (Å²) in [5.74, 6) is 0. The summed E-state index contributed by atoms with van der Waals surface area (Å²) in [6, 6.07) is 53.4. The molecule has 0 bridgehead atoms. The quantitative estimate of drug-likeness (QED) is 0.200. The minimum atomic E-state index is -0.105. The summed E-state index contributed by atoms with van der Waals surface area (Å²) in [5, 5.41) is 0. The molecule has 0 aromatic heterocycles. The molecule has 0 heterocycles. The number of hydrogen-bond acceptors (Lipinski definition) is 1. The Balaban J connectivity index is 1.46. The van der Waals surface area contributed by atoms with E-state index in [0.717, 1.165) is 17.1 Å². The normalized spacial score (nSPS) is 13.3. The number of anilines is 3. The topological polar surface area (TPSA) is 3.24 Å². The van der Waals surface area contributed by atoms with Crippen LogP contribution in [-0.4, -0.2) is 0 Å². The molecule has 1 aliphatic rings. The van der Waals surface area contributed by atoms with Crippen molar-refractivity contribution in [3.63, 3.8) is 0 Å². The zero-order valence-electron chi connectivity index (χ0n) is 26.3. The molecule has 1 heteroatoms. The van der Waals surface area contributed by atoms with E-state index < -0.39 is 0 Å². The molecule has 1 nitrogen and oxygen atoms in total. The fourth-order valence-electron chi connectivity index (χ4n) is 6.88. The lowest BCUT2D eigenvalue weighted by Gasteiger charge is -2.30. The molecule has 0 saturated carbocycles. The average molecular weight is 570 g/mol. The molecule has 6 aromatic rings. The van der Waals surface area contributed by atoms with Crippen LogP contribution < -0.4 is 4.90 Å². The molecule has 44 heavy (non-hydrogen) atoms. The van der Waals surface area contributed by atoms with Gasteiger partial charge in [0.05, 0.1) is 0 Å². The number of rotatable bonds is 5. The molecule has 0 fully saturated rings. The first-order valence-electron chi connectivity index (χ1n) is 15.6. The van der Waals surface area contributed by atoms with Gasteiger partial charge in [0.2, 0.25) is 0 Å². The Morgan fingerprint density at radius 1 is 0.455 bits per heavy atom. The Morgan fingerprint density at radius 3 is 1.57 bits per heavy atom. The van der Waals surface area contributed by atoms with E-state index in [1.165, 1.54) is 50.1 Å². The van der Waals surface area contributed by atoms with Crippen molar-refractivity contribution in [1.29, 1.82) is 0 Å². The van der Waals surface area contributed by atoms with Crippen LogP contribution in [0.15, 0.2) is 146 Å². The number of hydrogen-bond donors (Lipinski definition) is 0. The molecule has 0 spiro atoms. The number of nitrogens with zero attached hydrogens (tertiary/aromatic N) is 1. The molecule has 0 unspecified atom stereocenters. The maximum atomic E-state index is 2.42. The third-order valence-corrected chi connectivity index (χ3v) is 9.21. The van der Waals surface area contributed by atoms with Gasteiger partial charge >= 0.3 is 0 Å². The van der Waals surface area contributed by atoms with E-state index in [9.17, 15) is 0 Å². The fourth-order valence-corrected chi connectivity index (χ4v) is 6.88. The van der Waals surface area contributed by atoms with E-state index in [4.69, 9.17) is 0 Å². The van der Waals surface area contributed by atoms with Crippen LogP contribution in [-0.2, 0) is 10.8 Å². The second-order valence-electron chi connectivity index (χ2n) is 13.5. The molecule has 0 radical (unpaired) electrons. The van der Waals surface area contributed by atoms with Crippen LogP contribution in [0.3, 0.4) is 0 Å². The molecular formula is C43H39N. The number of fused-ring (bicyclic) bond motifs is 3. The van der Waals surface area contributed by atoms with Crippen molar-refractivity contribution in [2.75, 3.05) is 4.90 Å². The highest BCUT2D eigenvalue weighted by Gasteiger charge is 2.38. The third kappa shape index (κ3) is 4.83. The van der Waals surface area contributed by atoms with Crippen LogP contribution in [0.25, 0.3) is 33.4 Å². The van der Waals surface area contributed by atoms with Gasteiger partial charge in [0.1, 0.15) is 0 Å². The van der Waals surface area contributed by atoms with E-state index in [0.29, 0.717) is 0 Å². The Morgan fingerprint density at radius 2 is 0.955 bits per heavy atom. The van der Waals surface area contributed by atoms with Gasteiger partial charge < -0.3 is 4.90 Å². The molecule has 0 saturated heterocycles. The van der Waals surface area contributed by atoms with E-state index in [2.05, 4.69) is 185 Å². The van der Waals surface area contributed by atoms with E-state index in [1.807, 2.05) is 0 Å². The third-order valence-electron chi connectivity index (χ3n) is 9.21. The minimum absolute atomic E-state index is 0.0873. The smallest absolute Gasteiger partial charge is 0.0474 e. The van der Waals surface area contributed by atoms with Gasteiger partial charge in [-0.2, -0.15) is 0 Å². The largest absolute Gasteiger partial charge is 0.310 e. The summed E-state index contributed by atoms with van der Waals surface area (Å²) >= 11 is 0. The first-order chi connectivity index (χ1) is 21.2. The molecule has 0 aliphatic heterocycles. The van der Waals surface area contributed by atoms with Crippen LogP contribution >= 0.6 is 0 Å². The molecule has 216 valence electrons. The van der Waals surface area contributed by atoms with Crippen molar-refractivity contribution in [2.45, 2.75) is 45.4 Å². The van der Waals surface area contributed by atoms with Crippen LogP contribution in [0.2, 0.25) is 0 Å². The maximum absolute atomic E-state index is 2.42. The van der Waals surface area contributed by atoms with Gasteiger partial charge in [-0.3, -0.25) is 0 Å². The first kappa shape index (κ1) is 27.9. The van der Waals surface area contributed by atoms with E-state index in [-0.39, 0.29) is 10.8 Å². The maximum Gasteiger partial charge on any atom is 0.0474 e. The highest BCUT2D eigenvalue weighted by atomic mass is 15.1. The summed E-state index contributed by atoms with van der Waals surface area (Å²) in [6.07, 6.45) is 0.